The summed E-state index contributed by atoms with van der Waals surface area (Å²) in [7, 11) is 1.66. The van der Waals surface area contributed by atoms with Gasteiger partial charge in [0.1, 0.15) is 11.4 Å². The van der Waals surface area contributed by atoms with Crippen LogP contribution in [0, 0.1) is 0 Å². The monoisotopic (exact) mass is 242 g/mol. The minimum Gasteiger partial charge on any atom is -0.475 e. The molecule has 1 aliphatic heterocycles. The van der Waals surface area contributed by atoms with Crippen LogP contribution in [0.2, 0.25) is 0 Å². The van der Waals surface area contributed by atoms with Crippen molar-refractivity contribution in [3.8, 4) is 0 Å². The van der Waals surface area contributed by atoms with E-state index in [1.165, 1.54) is 11.8 Å². The average Bonchev–Trinajstić information content (AvgIpc) is 2.56. The quantitative estimate of drug-likeness (QED) is 0.755. The first-order valence-electron chi connectivity index (χ1n) is 4.49. The molecule has 2 heterocycles. The number of rotatable bonds is 2. The first kappa shape index (κ1) is 10.9. The molecule has 0 atom stereocenters. The molecule has 7 heteroatoms. The smallest absolute Gasteiger partial charge is 0.374 e. The summed E-state index contributed by atoms with van der Waals surface area (Å²) in [4.78, 5) is 23.9. The van der Waals surface area contributed by atoms with Crippen molar-refractivity contribution in [2.45, 2.75) is 5.09 Å². The zero-order valence-electron chi connectivity index (χ0n) is 8.73. The van der Waals surface area contributed by atoms with Crippen LogP contribution < -0.4 is 10.2 Å². The second-order valence-corrected chi connectivity index (χ2v) is 4.13. The highest BCUT2D eigenvalue weighted by atomic mass is 32.2. The Balaban J connectivity index is 2.61. The molecule has 0 saturated carbocycles. The van der Waals surface area contributed by atoms with Gasteiger partial charge in [-0.05, 0) is 6.26 Å². The van der Waals surface area contributed by atoms with E-state index >= 15 is 0 Å². The molecule has 86 valence electrons. The van der Waals surface area contributed by atoms with E-state index in [4.69, 9.17) is 9.52 Å². The third kappa shape index (κ3) is 1.53. The predicted octanol–water partition coefficient (Wildman–Crippen LogP) is 1.09. The maximum absolute atomic E-state index is 11.3. The number of amides is 1. The minimum atomic E-state index is -1.14. The number of aromatic carboxylic acids is 1. The highest BCUT2D eigenvalue weighted by Crippen LogP contribution is 2.42. The summed E-state index contributed by atoms with van der Waals surface area (Å²) in [6.45, 7) is 0.126. The van der Waals surface area contributed by atoms with Crippen LogP contribution in [0.25, 0.3) is 0 Å². The van der Waals surface area contributed by atoms with Crippen molar-refractivity contribution in [2.75, 3.05) is 30.1 Å². The Bertz CT molecular complexity index is 468. The van der Waals surface area contributed by atoms with Crippen LogP contribution in [-0.2, 0) is 4.79 Å². The number of carbonyl (C=O) groups excluding carboxylic acids is 1. The van der Waals surface area contributed by atoms with E-state index in [1.807, 2.05) is 0 Å². The molecule has 2 rings (SSSR count). The van der Waals surface area contributed by atoms with Crippen molar-refractivity contribution < 1.29 is 19.1 Å². The molecule has 16 heavy (non-hydrogen) atoms. The van der Waals surface area contributed by atoms with Crippen molar-refractivity contribution in [3.05, 3.63) is 5.76 Å². The fraction of sp³-hybridized carbons (Fsp3) is 0.333. The Morgan fingerprint density at radius 1 is 1.62 bits per heavy atom. The van der Waals surface area contributed by atoms with Gasteiger partial charge in [0.05, 0.1) is 6.54 Å². The van der Waals surface area contributed by atoms with Gasteiger partial charge in [0.15, 0.2) is 5.09 Å². The maximum Gasteiger partial charge on any atom is 0.374 e. The summed E-state index contributed by atoms with van der Waals surface area (Å²) in [5, 5.41) is 12.0. The Labute approximate surface area is 95.6 Å². The molecule has 2 N–H and O–H groups in total. The molecule has 0 fully saturated rings. The molecule has 1 aromatic heterocycles. The predicted molar refractivity (Wildman–Crippen MR) is 59.3 cm³/mol. The SMILES string of the molecule is CSc1oc(C(=O)O)c2c1NC(=O)CN2C. The first-order valence-corrected chi connectivity index (χ1v) is 5.72. The molecule has 0 bridgehead atoms. The van der Waals surface area contributed by atoms with Crippen molar-refractivity contribution >= 4 is 35.0 Å². The van der Waals surface area contributed by atoms with E-state index in [0.717, 1.165) is 0 Å². The lowest BCUT2D eigenvalue weighted by Gasteiger charge is -2.24. The van der Waals surface area contributed by atoms with E-state index < -0.39 is 5.97 Å². The van der Waals surface area contributed by atoms with E-state index in [2.05, 4.69) is 5.32 Å². The second-order valence-electron chi connectivity index (χ2n) is 3.36. The number of furan rings is 1. The lowest BCUT2D eigenvalue weighted by Crippen LogP contribution is -2.35. The number of nitrogens with one attached hydrogen (secondary N) is 1. The summed E-state index contributed by atoms with van der Waals surface area (Å²) in [5.74, 6) is -1.45. The molecule has 1 aromatic rings. The van der Waals surface area contributed by atoms with Gasteiger partial charge in [-0.1, -0.05) is 11.8 Å². The minimum absolute atomic E-state index is 0.126. The number of carboxylic acid groups (broad SMARTS) is 1. The van der Waals surface area contributed by atoms with E-state index in [-0.39, 0.29) is 18.2 Å². The molecule has 0 aliphatic carbocycles. The number of carboxylic acids is 1. The van der Waals surface area contributed by atoms with Crippen LogP contribution in [0.1, 0.15) is 10.6 Å². The van der Waals surface area contributed by atoms with Crippen molar-refractivity contribution in [1.82, 2.24) is 0 Å². The number of hydrogen-bond donors (Lipinski definition) is 2. The van der Waals surface area contributed by atoms with Crippen LogP contribution in [0.4, 0.5) is 11.4 Å². The number of anilines is 2. The normalized spacial score (nSPS) is 14.6. The first-order chi connectivity index (χ1) is 7.54. The van der Waals surface area contributed by atoms with E-state index in [1.54, 1.807) is 18.2 Å². The second kappa shape index (κ2) is 3.75. The lowest BCUT2D eigenvalue weighted by molar-refractivity contribution is -0.115. The maximum atomic E-state index is 11.3. The van der Waals surface area contributed by atoms with Gasteiger partial charge >= 0.3 is 5.97 Å². The van der Waals surface area contributed by atoms with Gasteiger partial charge in [-0.3, -0.25) is 4.79 Å². The van der Waals surface area contributed by atoms with Crippen molar-refractivity contribution in [2.24, 2.45) is 0 Å². The average molecular weight is 242 g/mol. The molecule has 1 aliphatic rings. The highest BCUT2D eigenvalue weighted by molar-refractivity contribution is 7.98. The standard InChI is InChI=1S/C9H10N2O4S/c1-11-3-4(12)10-5-6(11)7(8(13)14)15-9(5)16-2/h3H2,1-2H3,(H,10,12)(H,13,14). The van der Waals surface area contributed by atoms with Crippen LogP contribution >= 0.6 is 11.8 Å². The molecular formula is C9H10N2O4S. The van der Waals surface area contributed by atoms with Gasteiger partial charge in [-0.2, -0.15) is 0 Å². The van der Waals surface area contributed by atoms with Gasteiger partial charge in [-0.25, -0.2) is 4.79 Å². The molecule has 1 amide bonds. The fourth-order valence-corrected chi connectivity index (χ4v) is 2.16. The number of thioether (sulfide) groups is 1. The summed E-state index contributed by atoms with van der Waals surface area (Å²) >= 11 is 1.25. The Hall–Kier alpha value is -1.63. The Kier molecular flexibility index (Phi) is 2.55. The molecule has 0 saturated heterocycles. The zero-order chi connectivity index (χ0) is 11.9. The largest absolute Gasteiger partial charge is 0.475 e. The van der Waals surface area contributed by atoms with Crippen molar-refractivity contribution in [1.29, 1.82) is 0 Å². The van der Waals surface area contributed by atoms with Gasteiger partial charge in [0, 0.05) is 7.05 Å². The highest BCUT2D eigenvalue weighted by Gasteiger charge is 2.32. The van der Waals surface area contributed by atoms with Crippen LogP contribution in [0.3, 0.4) is 0 Å². The molecule has 0 radical (unpaired) electrons. The molecule has 0 aromatic carbocycles. The molecule has 6 nitrogen and oxygen atoms in total. The van der Waals surface area contributed by atoms with Gasteiger partial charge in [0.25, 0.3) is 0 Å². The van der Waals surface area contributed by atoms with E-state index in [0.29, 0.717) is 16.5 Å². The number of fused-ring (bicyclic) bond motifs is 1. The third-order valence-electron chi connectivity index (χ3n) is 2.26. The van der Waals surface area contributed by atoms with Gasteiger partial charge in [0.2, 0.25) is 11.7 Å². The third-order valence-corrected chi connectivity index (χ3v) is 2.92. The Morgan fingerprint density at radius 2 is 2.31 bits per heavy atom. The Morgan fingerprint density at radius 3 is 2.88 bits per heavy atom. The summed E-state index contributed by atoms with van der Waals surface area (Å²) in [6.07, 6.45) is 1.76. The molecular weight excluding hydrogens is 232 g/mol. The van der Waals surface area contributed by atoms with Crippen molar-refractivity contribution in [3.63, 3.8) is 0 Å². The molecule has 0 spiro atoms. The van der Waals surface area contributed by atoms with Crippen LogP contribution in [0.5, 0.6) is 0 Å². The summed E-state index contributed by atoms with van der Waals surface area (Å²) < 4.78 is 5.20. The summed E-state index contributed by atoms with van der Waals surface area (Å²) in [5.41, 5.74) is 0.875. The number of likely N-dealkylation sites (N-methyl/N-ethyl adjacent to an activating group) is 1. The van der Waals surface area contributed by atoms with Gasteiger partial charge in [-0.15, -0.1) is 0 Å². The molecule has 0 unspecified atom stereocenters. The number of nitrogens with zero attached hydrogens (tertiary/aromatic N) is 1. The topological polar surface area (TPSA) is 82.8 Å². The fourth-order valence-electron chi connectivity index (χ4n) is 1.64. The summed E-state index contributed by atoms with van der Waals surface area (Å²) in [6, 6.07) is 0. The number of carbonyl (C=O) groups is 2. The van der Waals surface area contributed by atoms with E-state index in [9.17, 15) is 9.59 Å². The van der Waals surface area contributed by atoms with Gasteiger partial charge < -0.3 is 19.7 Å². The van der Waals surface area contributed by atoms with Crippen LogP contribution in [-0.4, -0.2) is 36.8 Å². The number of hydrogen-bond acceptors (Lipinski definition) is 5. The lowest BCUT2D eigenvalue weighted by atomic mass is 10.2. The zero-order valence-corrected chi connectivity index (χ0v) is 9.55. The van der Waals surface area contributed by atoms with Crippen LogP contribution in [0.15, 0.2) is 9.51 Å².